The minimum atomic E-state index is 0.560. The highest BCUT2D eigenvalue weighted by molar-refractivity contribution is 6.36. The second-order valence-corrected chi connectivity index (χ2v) is 5.59. The summed E-state index contributed by atoms with van der Waals surface area (Å²) in [6, 6.07) is 15.5. The summed E-state index contributed by atoms with van der Waals surface area (Å²) in [5.74, 6) is 0.706. The quantitative estimate of drug-likeness (QED) is 0.502. The van der Waals surface area contributed by atoms with Gasteiger partial charge in [0.1, 0.15) is 0 Å². The van der Waals surface area contributed by atoms with Gasteiger partial charge in [0.2, 0.25) is 0 Å². The van der Waals surface area contributed by atoms with Crippen LogP contribution < -0.4 is 0 Å². The number of nitrogens with zero attached hydrogens (tertiary/aromatic N) is 3. The summed E-state index contributed by atoms with van der Waals surface area (Å²) >= 11 is 12.2. The Morgan fingerprint density at radius 2 is 1.76 bits per heavy atom. The summed E-state index contributed by atoms with van der Waals surface area (Å²) in [4.78, 5) is 0. The van der Waals surface area contributed by atoms with Crippen LogP contribution in [0, 0.1) is 0 Å². The Morgan fingerprint density at radius 1 is 0.905 bits per heavy atom. The Labute approximate surface area is 130 Å². The van der Waals surface area contributed by atoms with Crippen molar-refractivity contribution >= 4 is 39.6 Å². The van der Waals surface area contributed by atoms with Gasteiger partial charge in [-0.15, -0.1) is 10.2 Å². The van der Waals surface area contributed by atoms with Crippen molar-refractivity contribution < 1.29 is 0 Å². The second-order valence-electron chi connectivity index (χ2n) is 4.74. The molecule has 3 nitrogen and oxygen atoms in total. The fourth-order valence-electron chi connectivity index (χ4n) is 2.47. The van der Waals surface area contributed by atoms with E-state index in [1.54, 1.807) is 12.1 Å². The molecule has 0 unspecified atom stereocenters. The van der Waals surface area contributed by atoms with E-state index in [0.29, 0.717) is 15.9 Å². The molecule has 0 atom stereocenters. The van der Waals surface area contributed by atoms with Gasteiger partial charge in [0.05, 0.1) is 5.02 Å². The van der Waals surface area contributed by atoms with Gasteiger partial charge < -0.3 is 0 Å². The summed E-state index contributed by atoms with van der Waals surface area (Å²) in [5.41, 5.74) is 1.62. The molecule has 21 heavy (non-hydrogen) atoms. The molecule has 0 N–H and O–H groups in total. The van der Waals surface area contributed by atoms with Crippen molar-refractivity contribution in [3.8, 4) is 11.4 Å². The lowest BCUT2D eigenvalue weighted by atomic mass is 10.1. The van der Waals surface area contributed by atoms with E-state index in [1.165, 1.54) is 0 Å². The van der Waals surface area contributed by atoms with E-state index >= 15 is 0 Å². The molecule has 4 rings (SSSR count). The minimum absolute atomic E-state index is 0.560. The molecule has 0 aliphatic heterocycles. The van der Waals surface area contributed by atoms with Crippen molar-refractivity contribution in [1.82, 2.24) is 14.6 Å². The first-order valence-corrected chi connectivity index (χ1v) is 7.17. The van der Waals surface area contributed by atoms with Gasteiger partial charge >= 0.3 is 0 Å². The number of hydrogen-bond acceptors (Lipinski definition) is 2. The van der Waals surface area contributed by atoms with E-state index in [4.69, 9.17) is 23.2 Å². The summed E-state index contributed by atoms with van der Waals surface area (Å²) in [6.07, 6.45) is 1.96. The Hall–Kier alpha value is -2.10. The van der Waals surface area contributed by atoms with E-state index in [2.05, 4.69) is 16.3 Å². The largest absolute Gasteiger partial charge is 0.282 e. The minimum Gasteiger partial charge on any atom is -0.282 e. The van der Waals surface area contributed by atoms with Gasteiger partial charge in [-0.2, -0.15) is 0 Å². The van der Waals surface area contributed by atoms with Crippen LogP contribution in [-0.4, -0.2) is 14.6 Å². The van der Waals surface area contributed by atoms with E-state index in [0.717, 1.165) is 22.0 Å². The topological polar surface area (TPSA) is 30.2 Å². The van der Waals surface area contributed by atoms with Crippen LogP contribution in [0.5, 0.6) is 0 Å². The average molecular weight is 314 g/mol. The van der Waals surface area contributed by atoms with Crippen LogP contribution in [-0.2, 0) is 0 Å². The second kappa shape index (κ2) is 4.72. The van der Waals surface area contributed by atoms with Gasteiger partial charge in [0, 0.05) is 22.2 Å². The number of benzene rings is 2. The van der Waals surface area contributed by atoms with E-state index in [9.17, 15) is 0 Å². The predicted molar refractivity (Wildman–Crippen MR) is 85.9 cm³/mol. The van der Waals surface area contributed by atoms with E-state index in [1.807, 2.05) is 40.9 Å². The van der Waals surface area contributed by atoms with Crippen LogP contribution in [0.1, 0.15) is 0 Å². The lowest BCUT2D eigenvalue weighted by Gasteiger charge is -2.04. The molecule has 102 valence electrons. The Kier molecular flexibility index (Phi) is 2.84. The molecule has 0 saturated carbocycles. The standard InChI is InChI=1S/C16H9Cl2N3/c17-11-5-6-13(14(18)9-11)16-20-19-15-12-4-2-1-3-10(12)7-8-21(15)16/h1-9H. The summed E-state index contributed by atoms with van der Waals surface area (Å²) in [7, 11) is 0. The Bertz CT molecular complexity index is 976. The highest BCUT2D eigenvalue weighted by Crippen LogP contribution is 2.30. The zero-order chi connectivity index (χ0) is 14.4. The van der Waals surface area contributed by atoms with Crippen LogP contribution in [0.4, 0.5) is 0 Å². The molecule has 2 aromatic carbocycles. The zero-order valence-corrected chi connectivity index (χ0v) is 12.3. The third-order valence-electron chi connectivity index (χ3n) is 3.47. The van der Waals surface area contributed by atoms with Crippen molar-refractivity contribution in [1.29, 1.82) is 0 Å². The molecule has 2 aromatic heterocycles. The Morgan fingerprint density at radius 3 is 2.62 bits per heavy atom. The van der Waals surface area contributed by atoms with Crippen LogP contribution in [0.3, 0.4) is 0 Å². The first-order valence-electron chi connectivity index (χ1n) is 6.42. The molecule has 2 heterocycles. The normalized spacial score (nSPS) is 11.3. The monoisotopic (exact) mass is 313 g/mol. The lowest BCUT2D eigenvalue weighted by molar-refractivity contribution is 1.11. The average Bonchev–Trinajstić information content (AvgIpc) is 2.91. The molecule has 0 bridgehead atoms. The molecule has 0 aliphatic rings. The van der Waals surface area contributed by atoms with Crippen LogP contribution in [0.2, 0.25) is 10.0 Å². The highest BCUT2D eigenvalue weighted by Gasteiger charge is 2.13. The maximum absolute atomic E-state index is 6.27. The Balaban J connectivity index is 2.04. The SMILES string of the molecule is Clc1ccc(-c2nnc3c4ccccc4ccn23)c(Cl)c1. The molecular weight excluding hydrogens is 305 g/mol. The molecule has 5 heteroatoms. The van der Waals surface area contributed by atoms with Crippen molar-refractivity contribution in [3.05, 3.63) is 64.8 Å². The number of halogens is 2. The molecule has 0 fully saturated rings. The van der Waals surface area contributed by atoms with Gasteiger partial charge in [-0.05, 0) is 29.7 Å². The van der Waals surface area contributed by atoms with Crippen LogP contribution in [0.15, 0.2) is 54.7 Å². The molecule has 0 aliphatic carbocycles. The number of pyridine rings is 1. The van der Waals surface area contributed by atoms with E-state index in [-0.39, 0.29) is 0 Å². The summed E-state index contributed by atoms with van der Waals surface area (Å²) in [5, 5.41) is 11.9. The van der Waals surface area contributed by atoms with E-state index < -0.39 is 0 Å². The molecule has 0 saturated heterocycles. The van der Waals surface area contributed by atoms with Gasteiger partial charge in [0.25, 0.3) is 0 Å². The number of rotatable bonds is 1. The smallest absolute Gasteiger partial charge is 0.169 e. The van der Waals surface area contributed by atoms with Gasteiger partial charge in [0.15, 0.2) is 11.5 Å². The summed E-state index contributed by atoms with van der Waals surface area (Å²) < 4.78 is 1.94. The van der Waals surface area contributed by atoms with Gasteiger partial charge in [-0.25, -0.2) is 0 Å². The van der Waals surface area contributed by atoms with Crippen molar-refractivity contribution in [2.45, 2.75) is 0 Å². The van der Waals surface area contributed by atoms with Crippen molar-refractivity contribution in [2.24, 2.45) is 0 Å². The van der Waals surface area contributed by atoms with Gasteiger partial charge in [-0.1, -0.05) is 47.5 Å². The maximum Gasteiger partial charge on any atom is 0.169 e. The summed E-state index contributed by atoms with van der Waals surface area (Å²) in [6.45, 7) is 0. The number of hydrogen-bond donors (Lipinski definition) is 0. The zero-order valence-electron chi connectivity index (χ0n) is 10.8. The molecule has 0 spiro atoms. The highest BCUT2D eigenvalue weighted by atomic mass is 35.5. The predicted octanol–water partition coefficient (Wildman–Crippen LogP) is 4.86. The first-order chi connectivity index (χ1) is 10.2. The number of fused-ring (bicyclic) bond motifs is 3. The van der Waals surface area contributed by atoms with Crippen molar-refractivity contribution in [2.75, 3.05) is 0 Å². The molecular formula is C16H9Cl2N3. The van der Waals surface area contributed by atoms with Crippen LogP contribution >= 0.6 is 23.2 Å². The van der Waals surface area contributed by atoms with Crippen molar-refractivity contribution in [3.63, 3.8) is 0 Å². The maximum atomic E-state index is 6.27. The third-order valence-corrected chi connectivity index (χ3v) is 4.02. The number of aromatic nitrogens is 3. The molecule has 0 amide bonds. The molecule has 4 aromatic rings. The first kappa shape index (κ1) is 12.6. The van der Waals surface area contributed by atoms with Gasteiger partial charge in [-0.3, -0.25) is 4.40 Å². The van der Waals surface area contributed by atoms with Crippen LogP contribution in [0.25, 0.3) is 27.8 Å². The molecule has 0 radical (unpaired) electrons. The third kappa shape index (κ3) is 1.97. The fourth-order valence-corrected chi connectivity index (χ4v) is 2.96. The lowest BCUT2D eigenvalue weighted by Crippen LogP contribution is -1.90. The fraction of sp³-hybridized carbons (Fsp3) is 0.